The maximum absolute atomic E-state index is 14.4. The number of benzene rings is 3. The number of morpholine rings is 1. The Hall–Kier alpha value is -4.14. The van der Waals surface area contributed by atoms with Gasteiger partial charge in [0.05, 0.1) is 42.0 Å². The Morgan fingerprint density at radius 1 is 1.02 bits per heavy atom. The van der Waals surface area contributed by atoms with Gasteiger partial charge in [-0.3, -0.25) is 4.79 Å². The topological polar surface area (TPSA) is 101 Å². The highest BCUT2D eigenvalue weighted by Gasteiger charge is 2.22. The summed E-state index contributed by atoms with van der Waals surface area (Å²) >= 11 is 0. The van der Waals surface area contributed by atoms with Crippen molar-refractivity contribution < 1.29 is 4.74 Å². The summed E-state index contributed by atoms with van der Waals surface area (Å²) in [5, 5.41) is 4.51. The number of ether oxygens (including phenoxy) is 1. The Morgan fingerprint density at radius 2 is 1.77 bits per heavy atom. The summed E-state index contributed by atoms with van der Waals surface area (Å²) in [6, 6.07) is 24.3. The molecule has 5 aromatic rings. The van der Waals surface area contributed by atoms with Crippen molar-refractivity contribution in [3.8, 4) is 11.4 Å². The van der Waals surface area contributed by atoms with E-state index in [1.807, 2.05) is 59.2 Å². The van der Waals surface area contributed by atoms with Crippen LogP contribution in [-0.4, -0.2) is 53.4 Å². The number of anilines is 2. The van der Waals surface area contributed by atoms with Gasteiger partial charge in [-0.15, -0.1) is 0 Å². The summed E-state index contributed by atoms with van der Waals surface area (Å²) < 4.78 is 7.37. The molecule has 6 rings (SSSR count). The normalized spacial score (nSPS) is 14.8. The van der Waals surface area contributed by atoms with Crippen LogP contribution in [0.15, 0.2) is 77.6 Å². The molecule has 0 radical (unpaired) electrons. The highest BCUT2D eigenvalue weighted by Crippen LogP contribution is 2.33. The molecule has 8 nitrogen and oxygen atoms in total. The van der Waals surface area contributed by atoms with Crippen molar-refractivity contribution in [1.82, 2.24) is 14.5 Å². The fourth-order valence-electron chi connectivity index (χ4n) is 5.32. The number of nitrogens with zero attached hydrogens (tertiary/aromatic N) is 3. The van der Waals surface area contributed by atoms with Gasteiger partial charge in [0, 0.05) is 36.7 Å². The summed E-state index contributed by atoms with van der Waals surface area (Å²) in [6.45, 7) is 8.36. The van der Waals surface area contributed by atoms with Gasteiger partial charge >= 0.3 is 0 Å². The number of imidazole rings is 1. The van der Waals surface area contributed by atoms with Crippen molar-refractivity contribution in [1.29, 1.82) is 0 Å². The third-order valence-electron chi connectivity index (χ3n) is 7.81. The van der Waals surface area contributed by atoms with Crippen molar-refractivity contribution in [2.24, 2.45) is 11.7 Å². The van der Waals surface area contributed by atoms with Gasteiger partial charge in [0.25, 0.3) is 5.56 Å². The van der Waals surface area contributed by atoms with Crippen LogP contribution in [0.3, 0.4) is 0 Å². The number of hydrogen-bond donors (Lipinski definition) is 3. The van der Waals surface area contributed by atoms with E-state index in [4.69, 9.17) is 15.5 Å². The molecule has 0 amide bonds. The lowest BCUT2D eigenvalue weighted by Gasteiger charge is -2.28. The summed E-state index contributed by atoms with van der Waals surface area (Å²) in [6.07, 6.45) is 0. The van der Waals surface area contributed by atoms with Crippen LogP contribution in [0, 0.1) is 5.92 Å². The fraction of sp³-hybridized carbons (Fsp3) is 0.312. The SMILES string of the molecule is CC(C)[C@H](N)CNc1c(-c2nc3ccc(N4CCOCC4)cc3[nH]2)c(=O)n(Cc2ccccc2)c2ccccc12. The second kappa shape index (κ2) is 11.2. The first-order valence-corrected chi connectivity index (χ1v) is 14.0. The molecule has 3 heterocycles. The zero-order valence-corrected chi connectivity index (χ0v) is 23.1. The lowest BCUT2D eigenvalue weighted by Crippen LogP contribution is -2.36. The number of para-hydroxylation sites is 1. The molecule has 1 aliphatic heterocycles. The number of nitrogens with one attached hydrogen (secondary N) is 2. The molecule has 1 saturated heterocycles. The van der Waals surface area contributed by atoms with Crippen LogP contribution in [0.1, 0.15) is 19.4 Å². The number of aromatic amines is 1. The minimum Gasteiger partial charge on any atom is -0.382 e. The van der Waals surface area contributed by atoms with Crippen LogP contribution in [0.4, 0.5) is 11.4 Å². The lowest BCUT2D eigenvalue weighted by molar-refractivity contribution is 0.122. The van der Waals surface area contributed by atoms with Gasteiger partial charge in [0.15, 0.2) is 0 Å². The Labute approximate surface area is 233 Å². The smallest absolute Gasteiger partial charge is 0.264 e. The van der Waals surface area contributed by atoms with Crippen LogP contribution in [0.2, 0.25) is 0 Å². The van der Waals surface area contributed by atoms with Crippen LogP contribution < -0.4 is 21.5 Å². The van der Waals surface area contributed by atoms with E-state index in [1.165, 1.54) is 0 Å². The number of hydrogen-bond acceptors (Lipinski definition) is 6. The first-order valence-electron chi connectivity index (χ1n) is 14.0. The minimum atomic E-state index is -0.101. The maximum Gasteiger partial charge on any atom is 0.264 e. The molecule has 1 fully saturated rings. The second-order valence-electron chi connectivity index (χ2n) is 10.8. The lowest BCUT2D eigenvalue weighted by atomic mass is 10.0. The largest absolute Gasteiger partial charge is 0.382 e. The monoisotopic (exact) mass is 536 g/mol. The highest BCUT2D eigenvalue weighted by molar-refractivity contribution is 5.99. The summed E-state index contributed by atoms with van der Waals surface area (Å²) in [5.41, 5.74) is 12.4. The van der Waals surface area contributed by atoms with Crippen LogP contribution in [0.25, 0.3) is 33.3 Å². The van der Waals surface area contributed by atoms with Crippen molar-refractivity contribution >= 4 is 33.3 Å². The van der Waals surface area contributed by atoms with Crippen LogP contribution >= 0.6 is 0 Å². The molecular weight excluding hydrogens is 500 g/mol. The number of rotatable bonds is 8. The van der Waals surface area contributed by atoms with Gasteiger partial charge in [-0.05, 0) is 35.7 Å². The Bertz CT molecular complexity index is 1690. The second-order valence-corrected chi connectivity index (χ2v) is 10.8. The molecule has 206 valence electrons. The van der Waals surface area contributed by atoms with E-state index in [9.17, 15) is 4.79 Å². The van der Waals surface area contributed by atoms with E-state index in [0.717, 1.165) is 65.2 Å². The average molecular weight is 537 g/mol. The molecule has 3 aromatic carbocycles. The van der Waals surface area contributed by atoms with E-state index in [2.05, 4.69) is 47.2 Å². The van der Waals surface area contributed by atoms with E-state index in [-0.39, 0.29) is 11.6 Å². The summed E-state index contributed by atoms with van der Waals surface area (Å²) in [7, 11) is 0. The Kier molecular flexibility index (Phi) is 7.28. The number of nitrogens with two attached hydrogens (primary N) is 1. The van der Waals surface area contributed by atoms with Gasteiger partial charge < -0.3 is 30.2 Å². The molecule has 40 heavy (non-hydrogen) atoms. The van der Waals surface area contributed by atoms with Crippen LogP contribution in [0.5, 0.6) is 0 Å². The number of H-pyrrole nitrogens is 1. The zero-order chi connectivity index (χ0) is 27.6. The molecule has 0 bridgehead atoms. The molecule has 0 aliphatic carbocycles. The summed E-state index contributed by atoms with van der Waals surface area (Å²) in [4.78, 5) is 25.1. The quantitative estimate of drug-likeness (QED) is 0.263. The highest BCUT2D eigenvalue weighted by atomic mass is 16.5. The third-order valence-corrected chi connectivity index (χ3v) is 7.81. The minimum absolute atomic E-state index is 0.0647. The van der Waals surface area contributed by atoms with Gasteiger partial charge in [-0.1, -0.05) is 62.4 Å². The van der Waals surface area contributed by atoms with E-state index >= 15 is 0 Å². The van der Waals surface area contributed by atoms with E-state index in [1.54, 1.807) is 0 Å². The maximum atomic E-state index is 14.4. The molecule has 4 N–H and O–H groups in total. The Morgan fingerprint density at radius 3 is 2.55 bits per heavy atom. The first-order chi connectivity index (χ1) is 19.5. The first kappa shape index (κ1) is 26.1. The third kappa shape index (κ3) is 5.08. The zero-order valence-electron chi connectivity index (χ0n) is 23.1. The van der Waals surface area contributed by atoms with E-state index < -0.39 is 0 Å². The fourth-order valence-corrected chi connectivity index (χ4v) is 5.32. The predicted molar refractivity (Wildman–Crippen MR) is 163 cm³/mol. The van der Waals surface area contributed by atoms with Gasteiger partial charge in [-0.25, -0.2) is 4.98 Å². The van der Waals surface area contributed by atoms with Crippen molar-refractivity contribution in [3.63, 3.8) is 0 Å². The van der Waals surface area contributed by atoms with Crippen LogP contribution in [-0.2, 0) is 11.3 Å². The summed E-state index contributed by atoms with van der Waals surface area (Å²) in [5.74, 6) is 0.845. The molecule has 0 unspecified atom stereocenters. The molecule has 2 aromatic heterocycles. The number of pyridine rings is 1. The molecule has 0 spiro atoms. The molecule has 1 atom stereocenters. The van der Waals surface area contributed by atoms with Gasteiger partial charge in [0.1, 0.15) is 11.4 Å². The van der Waals surface area contributed by atoms with Gasteiger partial charge in [-0.2, -0.15) is 0 Å². The average Bonchev–Trinajstić information content (AvgIpc) is 3.41. The standard InChI is InChI=1S/C32H36N6O2/c1-21(2)25(33)19-34-30-24-10-6-7-11-28(24)38(20-22-8-4-3-5-9-22)32(39)29(30)31-35-26-13-12-23(18-27(26)36-31)37-14-16-40-17-15-37/h3-13,18,21,25,34H,14-17,19-20,33H2,1-2H3,(H,35,36)/t25-/m1/s1. The number of aromatic nitrogens is 3. The van der Waals surface area contributed by atoms with Crippen molar-refractivity contribution in [2.75, 3.05) is 43.1 Å². The molecular formula is C32H36N6O2. The molecule has 0 saturated carbocycles. The Balaban J connectivity index is 1.52. The van der Waals surface area contributed by atoms with Crippen molar-refractivity contribution in [3.05, 3.63) is 88.7 Å². The molecule has 1 aliphatic rings. The predicted octanol–water partition coefficient (Wildman–Crippen LogP) is 4.82. The number of fused-ring (bicyclic) bond motifs is 2. The van der Waals surface area contributed by atoms with E-state index in [0.29, 0.717) is 30.4 Å². The van der Waals surface area contributed by atoms with Crippen molar-refractivity contribution in [2.45, 2.75) is 26.4 Å². The van der Waals surface area contributed by atoms with Gasteiger partial charge in [0.2, 0.25) is 0 Å². The molecule has 8 heteroatoms.